The zero-order chi connectivity index (χ0) is 8.55. The maximum atomic E-state index is 12.6. The molecule has 2 rings (SSSR count). The first kappa shape index (κ1) is 7.50. The van der Waals surface area contributed by atoms with Crippen LogP contribution in [0.15, 0.2) is 30.3 Å². The highest BCUT2D eigenvalue weighted by Gasteiger charge is 1.96. The van der Waals surface area contributed by atoms with Crippen LogP contribution in [0.2, 0.25) is 5.02 Å². The predicted octanol–water partition coefficient (Wildman–Crippen LogP) is 3.03. The van der Waals surface area contributed by atoms with E-state index in [4.69, 9.17) is 11.6 Å². The molecule has 0 aliphatic carbocycles. The molecule has 0 bridgehead atoms. The molecule has 60 valence electrons. The Morgan fingerprint density at radius 1 is 1.17 bits per heavy atom. The molecule has 3 heteroatoms. The van der Waals surface area contributed by atoms with E-state index < -0.39 is 5.95 Å². The van der Waals surface area contributed by atoms with Gasteiger partial charge in [0.2, 0.25) is 5.95 Å². The number of fused-ring (bicyclic) bond motifs is 1. The number of rotatable bonds is 0. The molecule has 1 aromatic carbocycles. The second-order valence-corrected chi connectivity index (χ2v) is 2.91. The van der Waals surface area contributed by atoms with Crippen LogP contribution in [0.1, 0.15) is 0 Å². The van der Waals surface area contributed by atoms with Crippen LogP contribution in [0, 0.1) is 5.95 Å². The Bertz CT molecular complexity index is 387. The van der Waals surface area contributed by atoms with E-state index in [1.54, 1.807) is 24.3 Å². The zero-order valence-electron chi connectivity index (χ0n) is 6.09. The zero-order valence-corrected chi connectivity index (χ0v) is 6.85. The van der Waals surface area contributed by atoms with E-state index in [-0.39, 0.29) is 0 Å². The Morgan fingerprint density at radius 3 is 2.83 bits per heavy atom. The van der Waals surface area contributed by atoms with Gasteiger partial charge in [-0.15, -0.1) is 0 Å². The predicted molar refractivity (Wildman–Crippen MR) is 46.7 cm³/mol. The van der Waals surface area contributed by atoms with Crippen LogP contribution in [0.5, 0.6) is 0 Å². The molecule has 0 radical (unpaired) electrons. The molecule has 1 heterocycles. The van der Waals surface area contributed by atoms with Crippen molar-refractivity contribution in [2.75, 3.05) is 0 Å². The normalized spacial score (nSPS) is 10.5. The maximum Gasteiger partial charge on any atom is 0.213 e. The second kappa shape index (κ2) is 2.72. The van der Waals surface area contributed by atoms with Crippen LogP contribution in [-0.4, -0.2) is 4.98 Å². The third kappa shape index (κ3) is 1.25. The van der Waals surface area contributed by atoms with Crippen molar-refractivity contribution in [3.05, 3.63) is 41.3 Å². The molecule has 2 aromatic rings. The number of nitrogens with zero attached hydrogens (tertiary/aromatic N) is 1. The first-order chi connectivity index (χ1) is 5.75. The van der Waals surface area contributed by atoms with Gasteiger partial charge in [0.25, 0.3) is 0 Å². The summed E-state index contributed by atoms with van der Waals surface area (Å²) in [7, 11) is 0. The summed E-state index contributed by atoms with van der Waals surface area (Å²) in [4.78, 5) is 3.69. The summed E-state index contributed by atoms with van der Waals surface area (Å²) in [6.07, 6.45) is 0. The lowest BCUT2D eigenvalue weighted by molar-refractivity contribution is 0.589. The minimum Gasteiger partial charge on any atom is -0.220 e. The smallest absolute Gasteiger partial charge is 0.213 e. The van der Waals surface area contributed by atoms with E-state index in [1.807, 2.05) is 0 Å². The van der Waals surface area contributed by atoms with Crippen LogP contribution in [0.25, 0.3) is 10.9 Å². The molecule has 0 unspecified atom stereocenters. The van der Waals surface area contributed by atoms with Crippen molar-refractivity contribution in [1.82, 2.24) is 4.98 Å². The summed E-state index contributed by atoms with van der Waals surface area (Å²) in [5, 5.41) is 1.49. The van der Waals surface area contributed by atoms with E-state index in [0.717, 1.165) is 5.39 Å². The van der Waals surface area contributed by atoms with E-state index >= 15 is 0 Å². The van der Waals surface area contributed by atoms with Crippen molar-refractivity contribution in [1.29, 1.82) is 0 Å². The Hall–Kier alpha value is -1.15. The third-order valence-corrected chi connectivity index (χ3v) is 1.85. The average Bonchev–Trinajstić information content (AvgIpc) is 2.05. The highest BCUT2D eigenvalue weighted by Crippen LogP contribution is 2.17. The Labute approximate surface area is 73.8 Å². The SMILES string of the molecule is Fc1ccc2cc(Cl)ccc2n1. The highest BCUT2D eigenvalue weighted by molar-refractivity contribution is 6.31. The van der Waals surface area contributed by atoms with Gasteiger partial charge in [-0.1, -0.05) is 11.6 Å². The number of hydrogen-bond acceptors (Lipinski definition) is 1. The van der Waals surface area contributed by atoms with Gasteiger partial charge < -0.3 is 0 Å². The van der Waals surface area contributed by atoms with Crippen molar-refractivity contribution in [3.63, 3.8) is 0 Å². The van der Waals surface area contributed by atoms with Crippen molar-refractivity contribution in [2.45, 2.75) is 0 Å². The molecule has 0 spiro atoms. The van der Waals surface area contributed by atoms with Gasteiger partial charge in [-0.25, -0.2) is 4.98 Å². The Balaban J connectivity index is 2.79. The van der Waals surface area contributed by atoms with Crippen LogP contribution in [0.4, 0.5) is 4.39 Å². The van der Waals surface area contributed by atoms with Gasteiger partial charge in [-0.05, 0) is 30.3 Å². The van der Waals surface area contributed by atoms with Crippen LogP contribution in [-0.2, 0) is 0 Å². The largest absolute Gasteiger partial charge is 0.220 e. The number of aromatic nitrogens is 1. The van der Waals surface area contributed by atoms with E-state index in [0.29, 0.717) is 10.5 Å². The van der Waals surface area contributed by atoms with Gasteiger partial charge in [0, 0.05) is 10.4 Å². The van der Waals surface area contributed by atoms with Crippen molar-refractivity contribution < 1.29 is 4.39 Å². The average molecular weight is 182 g/mol. The highest BCUT2D eigenvalue weighted by atomic mass is 35.5. The van der Waals surface area contributed by atoms with Gasteiger partial charge >= 0.3 is 0 Å². The monoisotopic (exact) mass is 181 g/mol. The lowest BCUT2D eigenvalue weighted by atomic mass is 10.2. The molecule has 1 aromatic heterocycles. The molecule has 1 nitrogen and oxygen atoms in total. The summed E-state index contributed by atoms with van der Waals surface area (Å²) < 4.78 is 12.6. The molecule has 0 aliphatic heterocycles. The number of halogens is 2. The summed E-state index contributed by atoms with van der Waals surface area (Å²) in [6.45, 7) is 0. The molecule has 0 atom stereocenters. The van der Waals surface area contributed by atoms with Gasteiger partial charge in [-0.3, -0.25) is 0 Å². The number of hydrogen-bond donors (Lipinski definition) is 0. The summed E-state index contributed by atoms with van der Waals surface area (Å²) >= 11 is 5.74. The van der Waals surface area contributed by atoms with Gasteiger partial charge in [0.1, 0.15) is 0 Å². The van der Waals surface area contributed by atoms with Crippen LogP contribution < -0.4 is 0 Å². The molecule has 12 heavy (non-hydrogen) atoms. The minimum absolute atomic E-state index is 0.468. The number of benzene rings is 1. The molecule has 0 saturated heterocycles. The maximum absolute atomic E-state index is 12.6. The third-order valence-electron chi connectivity index (χ3n) is 1.62. The first-order valence-corrected chi connectivity index (χ1v) is 3.85. The first-order valence-electron chi connectivity index (χ1n) is 3.47. The molecular formula is C9H5ClFN. The minimum atomic E-state index is -0.468. The topological polar surface area (TPSA) is 12.9 Å². The molecule has 0 saturated carbocycles. The molecular weight excluding hydrogens is 177 g/mol. The summed E-state index contributed by atoms with van der Waals surface area (Å²) in [5.74, 6) is -0.468. The second-order valence-electron chi connectivity index (χ2n) is 2.47. The van der Waals surface area contributed by atoms with Crippen molar-refractivity contribution in [2.24, 2.45) is 0 Å². The fourth-order valence-corrected chi connectivity index (χ4v) is 1.25. The quantitative estimate of drug-likeness (QED) is 0.570. The summed E-state index contributed by atoms with van der Waals surface area (Å²) in [5.41, 5.74) is 0.624. The van der Waals surface area contributed by atoms with Gasteiger partial charge in [-0.2, -0.15) is 4.39 Å². The fraction of sp³-hybridized carbons (Fsp3) is 0. The van der Waals surface area contributed by atoms with E-state index in [1.165, 1.54) is 6.07 Å². The number of pyridine rings is 1. The Morgan fingerprint density at radius 2 is 2.00 bits per heavy atom. The van der Waals surface area contributed by atoms with Crippen molar-refractivity contribution >= 4 is 22.5 Å². The molecule has 0 fully saturated rings. The van der Waals surface area contributed by atoms with E-state index in [2.05, 4.69) is 4.98 Å². The standard InChI is InChI=1S/C9H5ClFN/c10-7-2-3-8-6(5-7)1-4-9(11)12-8/h1-5H. The molecule has 0 aliphatic rings. The van der Waals surface area contributed by atoms with E-state index in [9.17, 15) is 4.39 Å². The van der Waals surface area contributed by atoms with Gasteiger partial charge in [0.15, 0.2) is 0 Å². The van der Waals surface area contributed by atoms with Crippen molar-refractivity contribution in [3.8, 4) is 0 Å². The fourth-order valence-electron chi connectivity index (χ4n) is 1.07. The lowest BCUT2D eigenvalue weighted by Gasteiger charge is -1.96. The molecule has 0 amide bonds. The molecule has 0 N–H and O–H groups in total. The Kier molecular flexibility index (Phi) is 1.70. The van der Waals surface area contributed by atoms with Gasteiger partial charge in [0.05, 0.1) is 5.52 Å². The van der Waals surface area contributed by atoms with Crippen LogP contribution in [0.3, 0.4) is 0 Å². The van der Waals surface area contributed by atoms with Crippen LogP contribution >= 0.6 is 11.6 Å². The summed E-state index contributed by atoms with van der Waals surface area (Å²) in [6, 6.07) is 8.11. The lowest BCUT2D eigenvalue weighted by Crippen LogP contribution is -1.82.